The van der Waals surface area contributed by atoms with Gasteiger partial charge >= 0.3 is 0 Å². The van der Waals surface area contributed by atoms with Crippen molar-refractivity contribution in [3.63, 3.8) is 0 Å². The average Bonchev–Trinajstić information content (AvgIpc) is 2.59. The summed E-state index contributed by atoms with van der Waals surface area (Å²) in [5.74, 6) is -0.150. The third kappa shape index (κ3) is 3.86. The van der Waals surface area contributed by atoms with Crippen LogP contribution in [0, 0.1) is 8.30 Å². The molecule has 1 aromatic heterocycles. The summed E-state index contributed by atoms with van der Waals surface area (Å²) in [4.78, 5) is 23.2. The van der Waals surface area contributed by atoms with Gasteiger partial charge in [-0.3, -0.25) is 9.59 Å². The van der Waals surface area contributed by atoms with E-state index < -0.39 is 5.41 Å². The van der Waals surface area contributed by atoms with Gasteiger partial charge in [0.05, 0.1) is 15.0 Å². The first kappa shape index (κ1) is 13.6. The van der Waals surface area contributed by atoms with E-state index in [0.29, 0.717) is 5.56 Å². The van der Waals surface area contributed by atoms with Crippen molar-refractivity contribution in [3.8, 4) is 0 Å². The number of Topliss-reactive ketones (excluding diaryl/α,β-unsaturated/α-hetero) is 1. The number of carbonyl (C=O) groups is 2. The second-order valence-corrected chi connectivity index (χ2v) is 7.30. The number of thiophene rings is 1. The Labute approximate surface area is 113 Å². The summed E-state index contributed by atoms with van der Waals surface area (Å²) >= 11 is 3.67. The number of carbonyl (C=O) groups excluding carboxylic acids is 2. The highest BCUT2D eigenvalue weighted by Crippen LogP contribution is 2.17. The first-order chi connectivity index (χ1) is 7.30. The molecule has 0 aliphatic rings. The van der Waals surface area contributed by atoms with E-state index in [1.807, 2.05) is 26.8 Å². The van der Waals surface area contributed by atoms with Crippen LogP contribution in [0.1, 0.15) is 31.1 Å². The maximum atomic E-state index is 11.6. The first-order valence-corrected chi connectivity index (χ1v) is 6.82. The number of hydrogen-bond donors (Lipinski definition) is 1. The van der Waals surface area contributed by atoms with Crippen molar-refractivity contribution < 1.29 is 9.59 Å². The number of hydrogen-bond acceptors (Lipinski definition) is 3. The van der Waals surface area contributed by atoms with Gasteiger partial charge in [-0.25, -0.2) is 0 Å². The Morgan fingerprint density at radius 3 is 2.50 bits per heavy atom. The van der Waals surface area contributed by atoms with Gasteiger partial charge in [0.15, 0.2) is 5.78 Å². The molecule has 0 saturated carbocycles. The zero-order valence-electron chi connectivity index (χ0n) is 9.46. The number of ketones is 1. The van der Waals surface area contributed by atoms with Crippen molar-refractivity contribution in [1.29, 1.82) is 0 Å². The normalized spacial score (nSPS) is 11.2. The molecule has 0 saturated heterocycles. The molecule has 1 rings (SSSR count). The van der Waals surface area contributed by atoms with Gasteiger partial charge in [0, 0.05) is 10.8 Å². The molecule has 0 unspecified atom stereocenters. The van der Waals surface area contributed by atoms with Gasteiger partial charge < -0.3 is 5.32 Å². The minimum absolute atomic E-state index is 0.0331. The molecule has 1 heterocycles. The third-order valence-corrected chi connectivity index (χ3v) is 3.86. The van der Waals surface area contributed by atoms with Crippen LogP contribution >= 0.6 is 33.9 Å². The number of nitrogens with one attached hydrogen (secondary N) is 1. The molecule has 0 spiro atoms. The lowest BCUT2D eigenvalue weighted by atomic mass is 9.91. The number of rotatable bonds is 3. The molecule has 1 aromatic rings. The van der Waals surface area contributed by atoms with Gasteiger partial charge in [0.25, 0.3) is 5.91 Å². The molecule has 88 valence electrons. The smallest absolute Gasteiger partial charge is 0.252 e. The Morgan fingerprint density at radius 2 is 2.06 bits per heavy atom. The highest BCUT2D eigenvalue weighted by Gasteiger charge is 2.21. The van der Waals surface area contributed by atoms with Crippen LogP contribution in [0.15, 0.2) is 11.4 Å². The van der Waals surface area contributed by atoms with Crippen molar-refractivity contribution in [2.75, 3.05) is 6.54 Å². The Morgan fingerprint density at radius 1 is 1.44 bits per heavy atom. The molecule has 5 heteroatoms. The van der Waals surface area contributed by atoms with Crippen LogP contribution in [-0.4, -0.2) is 18.2 Å². The summed E-state index contributed by atoms with van der Waals surface area (Å²) in [6, 6.07) is 1.81. The minimum atomic E-state index is -0.406. The first-order valence-electron chi connectivity index (χ1n) is 4.86. The molecule has 0 radical (unpaired) electrons. The van der Waals surface area contributed by atoms with E-state index in [9.17, 15) is 9.59 Å². The monoisotopic (exact) mass is 351 g/mol. The Balaban J connectivity index is 2.51. The van der Waals surface area contributed by atoms with Crippen molar-refractivity contribution in [3.05, 3.63) is 19.9 Å². The van der Waals surface area contributed by atoms with E-state index in [2.05, 4.69) is 27.9 Å². The summed E-state index contributed by atoms with van der Waals surface area (Å²) in [7, 11) is 0. The van der Waals surface area contributed by atoms with Gasteiger partial charge in [-0.1, -0.05) is 20.8 Å². The van der Waals surface area contributed by atoms with Crippen LogP contribution < -0.4 is 5.32 Å². The Bertz CT molecular complexity index is 406. The summed E-state index contributed by atoms with van der Waals surface area (Å²) in [5, 5.41) is 4.42. The number of halogens is 1. The summed E-state index contributed by atoms with van der Waals surface area (Å²) in [6.07, 6.45) is 0. The van der Waals surface area contributed by atoms with E-state index in [1.165, 1.54) is 11.3 Å². The van der Waals surface area contributed by atoms with Crippen LogP contribution in [0.25, 0.3) is 0 Å². The molecule has 3 nitrogen and oxygen atoms in total. The van der Waals surface area contributed by atoms with Gasteiger partial charge in [-0.05, 0) is 28.7 Å². The SMILES string of the molecule is CC(C)(C)C(=O)CNC(=O)c1csc(I)c1. The highest BCUT2D eigenvalue weighted by atomic mass is 127. The molecule has 0 bridgehead atoms. The second-order valence-electron chi connectivity index (χ2n) is 4.50. The van der Waals surface area contributed by atoms with Crippen LogP contribution in [0.4, 0.5) is 0 Å². The van der Waals surface area contributed by atoms with Gasteiger partial charge in [-0.15, -0.1) is 11.3 Å². The van der Waals surface area contributed by atoms with Gasteiger partial charge in [0.2, 0.25) is 0 Å². The zero-order chi connectivity index (χ0) is 12.3. The molecule has 1 N–H and O–H groups in total. The van der Waals surface area contributed by atoms with E-state index in [4.69, 9.17) is 0 Å². The van der Waals surface area contributed by atoms with Gasteiger partial charge in [0.1, 0.15) is 0 Å². The van der Waals surface area contributed by atoms with Crippen molar-refractivity contribution >= 4 is 45.6 Å². The lowest BCUT2D eigenvalue weighted by Crippen LogP contribution is -2.35. The molecular formula is C11H14INO2S. The molecule has 1 amide bonds. The maximum absolute atomic E-state index is 11.6. The Hall–Kier alpha value is -0.430. The number of amides is 1. The minimum Gasteiger partial charge on any atom is -0.345 e. The predicted molar refractivity (Wildman–Crippen MR) is 73.8 cm³/mol. The van der Waals surface area contributed by atoms with Crippen LogP contribution in [0.3, 0.4) is 0 Å². The molecule has 16 heavy (non-hydrogen) atoms. The largest absolute Gasteiger partial charge is 0.345 e. The van der Waals surface area contributed by atoms with Crippen molar-refractivity contribution in [2.24, 2.45) is 5.41 Å². The van der Waals surface area contributed by atoms with Crippen LogP contribution in [0.2, 0.25) is 0 Å². The zero-order valence-corrected chi connectivity index (χ0v) is 12.4. The molecule has 0 fully saturated rings. The predicted octanol–water partition coefficient (Wildman–Crippen LogP) is 2.70. The molecule has 0 aliphatic carbocycles. The van der Waals surface area contributed by atoms with Crippen LogP contribution in [-0.2, 0) is 4.79 Å². The molecule has 0 aromatic carbocycles. The van der Waals surface area contributed by atoms with E-state index >= 15 is 0 Å². The molecule has 0 aliphatic heterocycles. The second kappa shape index (κ2) is 5.27. The summed E-state index contributed by atoms with van der Waals surface area (Å²) < 4.78 is 1.06. The third-order valence-electron chi connectivity index (χ3n) is 2.08. The van der Waals surface area contributed by atoms with Crippen LogP contribution in [0.5, 0.6) is 0 Å². The quantitative estimate of drug-likeness (QED) is 0.852. The maximum Gasteiger partial charge on any atom is 0.252 e. The Kier molecular flexibility index (Phi) is 4.49. The van der Waals surface area contributed by atoms with Gasteiger partial charge in [-0.2, -0.15) is 0 Å². The lowest BCUT2D eigenvalue weighted by molar-refractivity contribution is -0.125. The highest BCUT2D eigenvalue weighted by molar-refractivity contribution is 14.1. The topological polar surface area (TPSA) is 46.2 Å². The van der Waals surface area contributed by atoms with E-state index in [-0.39, 0.29) is 18.2 Å². The fourth-order valence-electron chi connectivity index (χ4n) is 0.957. The lowest BCUT2D eigenvalue weighted by Gasteiger charge is -2.16. The van der Waals surface area contributed by atoms with Crippen molar-refractivity contribution in [1.82, 2.24) is 5.32 Å². The van der Waals surface area contributed by atoms with Crippen molar-refractivity contribution in [2.45, 2.75) is 20.8 Å². The fraction of sp³-hybridized carbons (Fsp3) is 0.455. The van der Waals surface area contributed by atoms with E-state index in [0.717, 1.165) is 2.88 Å². The van der Waals surface area contributed by atoms with E-state index in [1.54, 1.807) is 5.38 Å². The average molecular weight is 351 g/mol. The summed E-state index contributed by atoms with van der Waals surface area (Å²) in [6.45, 7) is 5.62. The molecule has 0 atom stereocenters. The standard InChI is InChI=1S/C11H14INO2S/c1-11(2,3)8(14)5-13-10(15)7-4-9(12)16-6-7/h4,6H,5H2,1-3H3,(H,13,15). The fourth-order valence-corrected chi connectivity index (χ4v) is 2.28. The molecular weight excluding hydrogens is 337 g/mol. The summed E-state index contributed by atoms with van der Waals surface area (Å²) in [5.41, 5.74) is 0.215.